The Bertz CT molecular complexity index is 150. The van der Waals surface area contributed by atoms with Gasteiger partial charge in [-0.15, -0.1) is 0 Å². The van der Waals surface area contributed by atoms with Crippen molar-refractivity contribution in [2.24, 2.45) is 0 Å². The van der Waals surface area contributed by atoms with Gasteiger partial charge >= 0.3 is 16.3 Å². The van der Waals surface area contributed by atoms with Crippen LogP contribution in [0.5, 0.6) is 0 Å². The van der Waals surface area contributed by atoms with E-state index < -0.39 is 16.3 Å². The number of hydrogen-bond donors (Lipinski definition) is 3. The molecule has 6 nitrogen and oxygen atoms in total. The molecule has 90 valence electrons. The van der Waals surface area contributed by atoms with Gasteiger partial charge in [-0.25, -0.2) is 14.4 Å². The highest BCUT2D eigenvalue weighted by molar-refractivity contribution is 6.60. The second-order valence-corrected chi connectivity index (χ2v) is 2.79. The molecule has 1 fully saturated rings. The lowest BCUT2D eigenvalue weighted by Crippen LogP contribution is -1.66. The Labute approximate surface area is 100 Å². The van der Waals surface area contributed by atoms with Gasteiger partial charge in [-0.3, -0.25) is 0 Å². The molecular formula is C6H9Cl3O6. The monoisotopic (exact) mass is 282 g/mol. The van der Waals surface area contributed by atoms with E-state index in [0.717, 1.165) is 0 Å². The predicted octanol–water partition coefficient (Wildman–Crippen LogP) is 3.88. The van der Waals surface area contributed by atoms with Crippen LogP contribution >= 0.6 is 34.8 Å². The van der Waals surface area contributed by atoms with E-state index in [4.69, 9.17) is 29.7 Å². The number of halogens is 3. The van der Waals surface area contributed by atoms with Gasteiger partial charge in [0, 0.05) is 34.8 Å². The van der Waals surface area contributed by atoms with Crippen LogP contribution in [0.15, 0.2) is 0 Å². The standard InChI is InChI=1S/C3H6.3CHClO2/c1-2-3-1;3*2-1(3)4/h1-3H2;3*(H,3,4). The van der Waals surface area contributed by atoms with Crippen molar-refractivity contribution in [3.05, 3.63) is 0 Å². The van der Waals surface area contributed by atoms with Crippen LogP contribution in [0.2, 0.25) is 0 Å². The Morgan fingerprint density at radius 3 is 0.733 bits per heavy atom. The predicted molar refractivity (Wildman–Crippen MR) is 55.5 cm³/mol. The summed E-state index contributed by atoms with van der Waals surface area (Å²) in [5, 5.41) is 21.5. The third-order valence-electron chi connectivity index (χ3n) is 0.354. The molecule has 0 saturated heterocycles. The molecule has 0 unspecified atom stereocenters. The SMILES string of the molecule is C1CC1.O=C(O)Cl.O=C(O)Cl.O=C(O)Cl. The van der Waals surface area contributed by atoms with Crippen molar-refractivity contribution >= 4 is 51.1 Å². The van der Waals surface area contributed by atoms with Gasteiger partial charge in [0.05, 0.1) is 0 Å². The second-order valence-electron chi connectivity index (χ2n) is 1.82. The Morgan fingerprint density at radius 2 is 0.733 bits per heavy atom. The molecule has 0 heterocycles. The maximum absolute atomic E-state index is 8.77. The molecule has 0 atom stereocenters. The van der Waals surface area contributed by atoms with Crippen molar-refractivity contribution in [1.29, 1.82) is 0 Å². The lowest BCUT2D eigenvalue weighted by Gasteiger charge is -1.55. The fraction of sp³-hybridized carbons (Fsp3) is 0.500. The van der Waals surface area contributed by atoms with Gasteiger partial charge in [0.15, 0.2) is 0 Å². The van der Waals surface area contributed by atoms with Gasteiger partial charge in [0.1, 0.15) is 0 Å². The molecule has 1 aliphatic rings. The van der Waals surface area contributed by atoms with Crippen LogP contribution in [0, 0.1) is 0 Å². The fourth-order valence-corrected chi connectivity index (χ4v) is 0. The number of carbonyl (C=O) groups is 3. The molecule has 0 aromatic carbocycles. The Balaban J connectivity index is -0.000000128. The van der Waals surface area contributed by atoms with Crippen molar-refractivity contribution in [1.82, 2.24) is 0 Å². The summed E-state index contributed by atoms with van der Waals surface area (Å²) in [5.41, 5.74) is -4.08. The highest BCUT2D eigenvalue weighted by Gasteiger charge is 1.95. The van der Waals surface area contributed by atoms with Crippen molar-refractivity contribution in [3.63, 3.8) is 0 Å². The van der Waals surface area contributed by atoms with Gasteiger partial charge in [0.2, 0.25) is 0 Å². The van der Waals surface area contributed by atoms with Crippen LogP contribution in [0.3, 0.4) is 0 Å². The highest BCUT2D eigenvalue weighted by Crippen LogP contribution is 2.14. The van der Waals surface area contributed by atoms with E-state index in [1.54, 1.807) is 0 Å². The molecule has 0 amide bonds. The Kier molecular flexibility index (Phi) is 20.8. The van der Waals surface area contributed by atoms with E-state index in [0.29, 0.717) is 0 Å². The number of rotatable bonds is 0. The van der Waals surface area contributed by atoms with E-state index in [1.165, 1.54) is 19.3 Å². The van der Waals surface area contributed by atoms with E-state index in [1.807, 2.05) is 0 Å². The Morgan fingerprint density at radius 1 is 0.667 bits per heavy atom. The van der Waals surface area contributed by atoms with E-state index in [2.05, 4.69) is 34.8 Å². The molecule has 0 aromatic rings. The van der Waals surface area contributed by atoms with Crippen LogP contribution in [0.25, 0.3) is 0 Å². The van der Waals surface area contributed by atoms with Crippen molar-refractivity contribution < 1.29 is 29.7 Å². The first-order valence-electron chi connectivity index (χ1n) is 3.35. The molecule has 3 N–H and O–H groups in total. The van der Waals surface area contributed by atoms with Crippen molar-refractivity contribution in [2.75, 3.05) is 0 Å². The van der Waals surface area contributed by atoms with Crippen molar-refractivity contribution in [3.8, 4) is 0 Å². The first-order valence-corrected chi connectivity index (χ1v) is 4.48. The molecule has 0 radical (unpaired) electrons. The molecule has 0 bridgehead atoms. The van der Waals surface area contributed by atoms with Crippen LogP contribution in [0.4, 0.5) is 14.4 Å². The maximum Gasteiger partial charge on any atom is 0.401 e. The first kappa shape index (κ1) is 19.8. The van der Waals surface area contributed by atoms with Gasteiger partial charge in [-0.2, -0.15) is 0 Å². The summed E-state index contributed by atoms with van der Waals surface area (Å²) in [6.07, 6.45) is 4.50. The smallest absolute Gasteiger partial charge is 0.401 e. The van der Waals surface area contributed by atoms with Crippen LogP contribution < -0.4 is 0 Å². The van der Waals surface area contributed by atoms with Crippen molar-refractivity contribution in [2.45, 2.75) is 19.3 Å². The molecule has 0 aromatic heterocycles. The molecule has 9 heteroatoms. The summed E-state index contributed by atoms with van der Waals surface area (Å²) >= 11 is 12.6. The zero-order valence-corrected chi connectivity index (χ0v) is 9.59. The van der Waals surface area contributed by atoms with Gasteiger partial charge in [0.25, 0.3) is 0 Å². The molecule has 15 heavy (non-hydrogen) atoms. The van der Waals surface area contributed by atoms with E-state index in [-0.39, 0.29) is 0 Å². The van der Waals surface area contributed by atoms with Crippen LogP contribution in [0.1, 0.15) is 19.3 Å². The normalized spacial score (nSPS) is 9.80. The average Bonchev–Trinajstić information content (AvgIpc) is 2.61. The summed E-state index contributed by atoms with van der Waals surface area (Å²) < 4.78 is 0. The molecular weight excluding hydrogens is 274 g/mol. The fourth-order valence-electron chi connectivity index (χ4n) is 0. The summed E-state index contributed by atoms with van der Waals surface area (Å²) in [7, 11) is 0. The summed E-state index contributed by atoms with van der Waals surface area (Å²) in [6.45, 7) is 0. The molecule has 1 rings (SSSR count). The minimum Gasteiger partial charge on any atom is -0.469 e. The van der Waals surface area contributed by atoms with E-state index in [9.17, 15) is 0 Å². The Hall–Kier alpha value is -0.720. The maximum atomic E-state index is 8.77. The number of carboxylic acid groups (broad SMARTS) is 3. The molecule has 1 saturated carbocycles. The zero-order chi connectivity index (χ0) is 12.9. The van der Waals surface area contributed by atoms with Crippen LogP contribution in [-0.4, -0.2) is 31.6 Å². The lowest BCUT2D eigenvalue weighted by molar-refractivity contribution is 0.219. The third-order valence-corrected chi connectivity index (χ3v) is 0.354. The lowest BCUT2D eigenvalue weighted by atomic mass is 11.0. The second kappa shape index (κ2) is 15.7. The summed E-state index contributed by atoms with van der Waals surface area (Å²) in [4.78, 5) is 26.3. The minimum atomic E-state index is -1.36. The molecule has 1 aliphatic carbocycles. The topological polar surface area (TPSA) is 112 Å². The van der Waals surface area contributed by atoms with Gasteiger partial charge in [-0.1, -0.05) is 19.3 Å². The van der Waals surface area contributed by atoms with Crippen LogP contribution in [-0.2, 0) is 0 Å². The highest BCUT2D eigenvalue weighted by atomic mass is 35.5. The van der Waals surface area contributed by atoms with Gasteiger partial charge < -0.3 is 15.3 Å². The minimum absolute atomic E-state index is 1.36. The number of hydrogen-bond acceptors (Lipinski definition) is 3. The molecule has 0 aliphatic heterocycles. The third kappa shape index (κ3) is 21600. The summed E-state index contributed by atoms with van der Waals surface area (Å²) in [6, 6.07) is 0. The zero-order valence-electron chi connectivity index (χ0n) is 7.32. The quantitative estimate of drug-likeness (QED) is 0.581. The van der Waals surface area contributed by atoms with E-state index >= 15 is 0 Å². The molecule has 0 spiro atoms. The average molecular weight is 283 g/mol. The first-order chi connectivity index (χ1) is 6.70. The van der Waals surface area contributed by atoms with Gasteiger partial charge in [-0.05, 0) is 0 Å². The largest absolute Gasteiger partial charge is 0.469 e. The summed E-state index contributed by atoms with van der Waals surface area (Å²) in [5.74, 6) is 0.